The second-order valence-corrected chi connectivity index (χ2v) is 4.80. The Labute approximate surface area is 115 Å². The molecule has 18 heavy (non-hydrogen) atoms. The summed E-state index contributed by atoms with van der Waals surface area (Å²) in [6.45, 7) is 2.86. The zero-order valence-corrected chi connectivity index (χ0v) is 12.0. The van der Waals surface area contributed by atoms with Crippen molar-refractivity contribution < 1.29 is 4.74 Å². The van der Waals surface area contributed by atoms with Gasteiger partial charge in [0.2, 0.25) is 0 Å². The van der Waals surface area contributed by atoms with E-state index in [1.165, 1.54) is 0 Å². The molecule has 0 amide bonds. The maximum absolute atomic E-state index is 6.28. The molecule has 0 aliphatic carbocycles. The van der Waals surface area contributed by atoms with Crippen molar-refractivity contribution in [2.45, 2.75) is 19.5 Å². The predicted octanol–water partition coefficient (Wildman–Crippen LogP) is 2.72. The van der Waals surface area contributed by atoms with Crippen molar-refractivity contribution >= 4 is 15.9 Å². The maximum Gasteiger partial charge on any atom is 0.133 e. The van der Waals surface area contributed by atoms with Gasteiger partial charge in [0.25, 0.3) is 0 Å². The Morgan fingerprint density at radius 2 is 2.22 bits per heavy atom. The number of benzene rings is 1. The monoisotopic (exact) mass is 309 g/mol. The topological polar surface area (TPSA) is 53.1 Å². The number of ether oxygens (including phenoxy) is 1. The molecular formula is C13H16BrN3O. The molecule has 4 nitrogen and oxygen atoms in total. The Hall–Kier alpha value is -1.33. The average molecular weight is 310 g/mol. The lowest BCUT2D eigenvalue weighted by molar-refractivity contribution is 0.412. The summed E-state index contributed by atoms with van der Waals surface area (Å²) in [4.78, 5) is 0. The average Bonchev–Trinajstić information content (AvgIpc) is 2.86. The normalized spacial score (nSPS) is 12.4. The van der Waals surface area contributed by atoms with Gasteiger partial charge < -0.3 is 10.5 Å². The van der Waals surface area contributed by atoms with E-state index >= 15 is 0 Å². The first-order chi connectivity index (χ1) is 8.67. The number of halogens is 1. The van der Waals surface area contributed by atoms with Crippen LogP contribution in [0.3, 0.4) is 0 Å². The first-order valence-electron chi connectivity index (χ1n) is 5.78. The fourth-order valence-corrected chi connectivity index (χ4v) is 2.48. The molecule has 0 aliphatic heterocycles. The summed E-state index contributed by atoms with van der Waals surface area (Å²) in [5.41, 5.74) is 8.31. The SMILES string of the molecule is CCn1nccc1C(N)c1ccc(OC)c(Br)c1. The fraction of sp³-hybridized carbons (Fsp3) is 0.308. The largest absolute Gasteiger partial charge is 0.496 e. The van der Waals surface area contributed by atoms with Crippen LogP contribution in [0.2, 0.25) is 0 Å². The van der Waals surface area contributed by atoms with E-state index in [0.29, 0.717) is 0 Å². The maximum atomic E-state index is 6.28. The van der Waals surface area contributed by atoms with Crippen molar-refractivity contribution in [3.8, 4) is 5.75 Å². The van der Waals surface area contributed by atoms with Crippen LogP contribution in [0.4, 0.5) is 0 Å². The molecule has 1 aromatic heterocycles. The van der Waals surface area contributed by atoms with E-state index < -0.39 is 0 Å². The first kappa shape index (κ1) is 13.1. The molecule has 1 aromatic carbocycles. The number of hydrogen-bond acceptors (Lipinski definition) is 3. The molecule has 96 valence electrons. The number of hydrogen-bond donors (Lipinski definition) is 1. The zero-order valence-electron chi connectivity index (χ0n) is 10.4. The van der Waals surface area contributed by atoms with Gasteiger partial charge in [-0.2, -0.15) is 5.10 Å². The molecule has 0 bridgehead atoms. The lowest BCUT2D eigenvalue weighted by Crippen LogP contribution is -2.17. The van der Waals surface area contributed by atoms with Gasteiger partial charge in [0.15, 0.2) is 0 Å². The van der Waals surface area contributed by atoms with E-state index in [4.69, 9.17) is 10.5 Å². The molecule has 2 aromatic rings. The smallest absolute Gasteiger partial charge is 0.133 e. The van der Waals surface area contributed by atoms with Gasteiger partial charge in [-0.05, 0) is 46.6 Å². The molecule has 1 heterocycles. The van der Waals surface area contributed by atoms with Crippen LogP contribution in [0.5, 0.6) is 5.75 Å². The molecule has 0 saturated carbocycles. The van der Waals surface area contributed by atoms with Crippen LogP contribution in [0.25, 0.3) is 0 Å². The minimum atomic E-state index is -0.186. The molecule has 5 heteroatoms. The van der Waals surface area contributed by atoms with E-state index in [1.54, 1.807) is 13.3 Å². The van der Waals surface area contributed by atoms with Gasteiger partial charge in [0.05, 0.1) is 23.3 Å². The van der Waals surface area contributed by atoms with E-state index in [9.17, 15) is 0 Å². The second-order valence-electron chi connectivity index (χ2n) is 3.94. The summed E-state index contributed by atoms with van der Waals surface area (Å²) in [6.07, 6.45) is 1.78. The number of nitrogens with two attached hydrogens (primary N) is 1. The van der Waals surface area contributed by atoms with Gasteiger partial charge >= 0.3 is 0 Å². The molecule has 1 atom stereocenters. The highest BCUT2D eigenvalue weighted by Crippen LogP contribution is 2.29. The van der Waals surface area contributed by atoms with Gasteiger partial charge in [-0.1, -0.05) is 6.07 Å². The Morgan fingerprint density at radius 3 is 2.83 bits per heavy atom. The van der Waals surface area contributed by atoms with Crippen LogP contribution in [0.1, 0.15) is 24.2 Å². The summed E-state index contributed by atoms with van der Waals surface area (Å²) in [5, 5.41) is 4.24. The van der Waals surface area contributed by atoms with Crippen molar-refractivity contribution in [3.63, 3.8) is 0 Å². The number of methoxy groups -OCH3 is 1. The Morgan fingerprint density at radius 1 is 1.44 bits per heavy atom. The molecule has 1 unspecified atom stereocenters. The predicted molar refractivity (Wildman–Crippen MR) is 74.6 cm³/mol. The quantitative estimate of drug-likeness (QED) is 0.944. The number of aromatic nitrogens is 2. The molecule has 2 N–H and O–H groups in total. The van der Waals surface area contributed by atoms with Crippen LogP contribution in [-0.2, 0) is 6.54 Å². The van der Waals surface area contributed by atoms with Crippen LogP contribution in [0.15, 0.2) is 34.9 Å². The number of aryl methyl sites for hydroxylation is 1. The highest BCUT2D eigenvalue weighted by atomic mass is 79.9. The molecular weight excluding hydrogens is 294 g/mol. The second kappa shape index (κ2) is 5.54. The van der Waals surface area contributed by atoms with Gasteiger partial charge in [-0.3, -0.25) is 4.68 Å². The van der Waals surface area contributed by atoms with Crippen molar-refractivity contribution in [1.82, 2.24) is 9.78 Å². The summed E-state index contributed by atoms with van der Waals surface area (Å²) in [7, 11) is 1.64. The molecule has 2 rings (SSSR count). The standard InChI is InChI=1S/C13H16BrN3O/c1-3-17-11(6-7-16-17)13(15)9-4-5-12(18-2)10(14)8-9/h4-8,13H,3,15H2,1-2H3. The molecule has 0 aliphatic rings. The number of rotatable bonds is 4. The third-order valence-corrected chi connectivity index (χ3v) is 3.52. The van der Waals surface area contributed by atoms with Crippen LogP contribution >= 0.6 is 15.9 Å². The van der Waals surface area contributed by atoms with Crippen molar-refractivity contribution in [2.75, 3.05) is 7.11 Å². The summed E-state index contributed by atoms with van der Waals surface area (Å²) < 4.78 is 8.02. The summed E-state index contributed by atoms with van der Waals surface area (Å²) in [6, 6.07) is 7.63. The van der Waals surface area contributed by atoms with Crippen molar-refractivity contribution in [2.24, 2.45) is 5.73 Å². The van der Waals surface area contributed by atoms with Gasteiger partial charge in [0, 0.05) is 12.7 Å². The highest BCUT2D eigenvalue weighted by Gasteiger charge is 2.14. The fourth-order valence-electron chi connectivity index (χ4n) is 1.92. The number of nitrogens with zero attached hydrogens (tertiary/aromatic N) is 2. The summed E-state index contributed by atoms with van der Waals surface area (Å²) in [5.74, 6) is 0.801. The van der Waals surface area contributed by atoms with E-state index in [1.807, 2.05) is 35.9 Å². The Kier molecular flexibility index (Phi) is 4.04. The minimum absolute atomic E-state index is 0.186. The Bertz CT molecular complexity index is 539. The van der Waals surface area contributed by atoms with Crippen molar-refractivity contribution in [1.29, 1.82) is 0 Å². The molecule has 0 saturated heterocycles. The third kappa shape index (κ3) is 2.42. The summed E-state index contributed by atoms with van der Waals surface area (Å²) >= 11 is 3.47. The third-order valence-electron chi connectivity index (χ3n) is 2.90. The van der Waals surface area contributed by atoms with Gasteiger partial charge in [0.1, 0.15) is 5.75 Å². The van der Waals surface area contributed by atoms with Crippen molar-refractivity contribution in [3.05, 3.63) is 46.2 Å². The van der Waals surface area contributed by atoms with E-state index in [0.717, 1.165) is 28.0 Å². The molecule has 0 radical (unpaired) electrons. The minimum Gasteiger partial charge on any atom is -0.496 e. The molecule has 0 fully saturated rings. The van der Waals surface area contributed by atoms with Crippen LogP contribution in [0, 0.1) is 0 Å². The van der Waals surface area contributed by atoms with Crippen LogP contribution in [-0.4, -0.2) is 16.9 Å². The first-order valence-corrected chi connectivity index (χ1v) is 6.57. The zero-order chi connectivity index (χ0) is 13.1. The highest BCUT2D eigenvalue weighted by molar-refractivity contribution is 9.10. The van der Waals surface area contributed by atoms with Crippen LogP contribution < -0.4 is 10.5 Å². The lowest BCUT2D eigenvalue weighted by atomic mass is 10.0. The molecule has 0 spiro atoms. The van der Waals surface area contributed by atoms with E-state index in [2.05, 4.69) is 21.0 Å². The Balaban J connectivity index is 2.34. The van der Waals surface area contributed by atoms with Gasteiger partial charge in [-0.15, -0.1) is 0 Å². The lowest BCUT2D eigenvalue weighted by Gasteiger charge is -2.15. The van der Waals surface area contributed by atoms with E-state index in [-0.39, 0.29) is 6.04 Å². The van der Waals surface area contributed by atoms with Gasteiger partial charge in [-0.25, -0.2) is 0 Å².